The van der Waals surface area contributed by atoms with Crippen molar-refractivity contribution in [2.75, 3.05) is 13.2 Å². The largest absolute Gasteiger partial charge is 0.481 e. The summed E-state index contributed by atoms with van der Waals surface area (Å²) in [6, 6.07) is 0. The van der Waals surface area contributed by atoms with Crippen LogP contribution in [0.25, 0.3) is 0 Å². The van der Waals surface area contributed by atoms with Crippen molar-refractivity contribution in [3.63, 3.8) is 0 Å². The zero-order valence-corrected chi connectivity index (χ0v) is 10.6. The van der Waals surface area contributed by atoms with Crippen molar-refractivity contribution in [1.82, 2.24) is 0 Å². The Hall–Kier alpha value is -1.40. The third-order valence-corrected chi connectivity index (χ3v) is 3.64. The predicted octanol–water partition coefficient (Wildman–Crippen LogP) is 0.489. The summed E-state index contributed by atoms with van der Waals surface area (Å²) < 4.78 is 0. The summed E-state index contributed by atoms with van der Waals surface area (Å²) in [6.07, 6.45) is -0.171. The van der Waals surface area contributed by atoms with Crippen LogP contribution in [0.3, 0.4) is 0 Å². The Morgan fingerprint density at radius 2 is 1.44 bits per heavy atom. The predicted molar refractivity (Wildman–Crippen MR) is 64.0 cm³/mol. The number of hydrogen-bond acceptors (Lipinski definition) is 4. The minimum Gasteiger partial charge on any atom is -0.481 e. The number of aliphatic carboxylic acids is 2. The van der Waals surface area contributed by atoms with Crippen LogP contribution in [0.15, 0.2) is 12.2 Å². The SMILES string of the molecule is C=C(C(=O)O)C(CCO)(CCO)C(C)(C)C(=O)O. The number of hydrogen-bond donors (Lipinski definition) is 4. The van der Waals surface area contributed by atoms with Gasteiger partial charge in [0.25, 0.3) is 0 Å². The minimum absolute atomic E-state index is 0.0853. The topological polar surface area (TPSA) is 115 Å². The first-order chi connectivity index (χ1) is 8.17. The summed E-state index contributed by atoms with van der Waals surface area (Å²) in [5.41, 5.74) is -3.17. The Morgan fingerprint density at radius 1 is 1.06 bits per heavy atom. The number of aliphatic hydroxyl groups is 2. The summed E-state index contributed by atoms with van der Waals surface area (Å²) in [6.45, 7) is 5.40. The highest BCUT2D eigenvalue weighted by Crippen LogP contribution is 2.50. The first-order valence-corrected chi connectivity index (χ1v) is 5.55. The summed E-state index contributed by atoms with van der Waals surface area (Å²) >= 11 is 0. The van der Waals surface area contributed by atoms with Gasteiger partial charge in [0.2, 0.25) is 0 Å². The molecule has 0 saturated carbocycles. The van der Waals surface area contributed by atoms with E-state index < -0.39 is 22.8 Å². The molecule has 0 aliphatic carbocycles. The van der Waals surface area contributed by atoms with Crippen LogP contribution >= 0.6 is 0 Å². The molecule has 0 unspecified atom stereocenters. The lowest BCUT2D eigenvalue weighted by Crippen LogP contribution is -2.47. The van der Waals surface area contributed by atoms with E-state index in [1.807, 2.05) is 0 Å². The van der Waals surface area contributed by atoms with Crippen molar-refractivity contribution in [3.8, 4) is 0 Å². The zero-order valence-electron chi connectivity index (χ0n) is 10.6. The molecule has 0 spiro atoms. The molecular formula is C12H20O6. The van der Waals surface area contributed by atoms with E-state index >= 15 is 0 Å². The van der Waals surface area contributed by atoms with Crippen molar-refractivity contribution in [2.24, 2.45) is 10.8 Å². The van der Waals surface area contributed by atoms with Crippen LogP contribution in [0.2, 0.25) is 0 Å². The van der Waals surface area contributed by atoms with Crippen molar-refractivity contribution in [2.45, 2.75) is 26.7 Å². The highest BCUT2D eigenvalue weighted by Gasteiger charge is 2.52. The Kier molecular flexibility index (Phi) is 5.51. The van der Waals surface area contributed by atoms with Crippen LogP contribution in [0, 0.1) is 10.8 Å². The number of rotatable bonds is 8. The fourth-order valence-corrected chi connectivity index (χ4v) is 2.22. The van der Waals surface area contributed by atoms with E-state index in [9.17, 15) is 14.7 Å². The molecular weight excluding hydrogens is 240 g/mol. The zero-order chi connectivity index (χ0) is 14.6. The lowest BCUT2D eigenvalue weighted by Gasteiger charge is -2.44. The van der Waals surface area contributed by atoms with E-state index in [1.54, 1.807) is 0 Å². The number of aliphatic hydroxyl groups excluding tert-OH is 2. The van der Waals surface area contributed by atoms with Crippen LogP contribution in [-0.2, 0) is 9.59 Å². The van der Waals surface area contributed by atoms with Crippen molar-refractivity contribution >= 4 is 11.9 Å². The molecule has 6 nitrogen and oxygen atoms in total. The van der Waals surface area contributed by atoms with Crippen LogP contribution in [-0.4, -0.2) is 45.6 Å². The second-order valence-corrected chi connectivity index (χ2v) is 4.74. The average molecular weight is 260 g/mol. The van der Waals surface area contributed by atoms with Gasteiger partial charge in [0.15, 0.2) is 0 Å². The Balaban J connectivity index is 5.84. The van der Waals surface area contributed by atoms with Gasteiger partial charge in [0.1, 0.15) is 0 Å². The lowest BCUT2D eigenvalue weighted by atomic mass is 9.58. The van der Waals surface area contributed by atoms with Crippen LogP contribution < -0.4 is 0 Å². The van der Waals surface area contributed by atoms with Crippen molar-refractivity contribution in [3.05, 3.63) is 12.2 Å². The quantitative estimate of drug-likeness (QED) is 0.472. The van der Waals surface area contributed by atoms with Gasteiger partial charge in [-0.15, -0.1) is 0 Å². The van der Waals surface area contributed by atoms with Gasteiger partial charge in [-0.3, -0.25) is 4.79 Å². The molecule has 0 heterocycles. The fourth-order valence-electron chi connectivity index (χ4n) is 2.22. The number of carboxylic acids is 2. The smallest absolute Gasteiger partial charge is 0.331 e. The van der Waals surface area contributed by atoms with E-state index in [2.05, 4.69) is 6.58 Å². The van der Waals surface area contributed by atoms with Gasteiger partial charge in [-0.25, -0.2) is 4.79 Å². The second kappa shape index (κ2) is 5.97. The van der Waals surface area contributed by atoms with E-state index in [4.69, 9.17) is 15.3 Å². The molecule has 0 saturated heterocycles. The number of carbonyl (C=O) groups is 2. The molecule has 0 aliphatic rings. The minimum atomic E-state index is -1.46. The molecule has 6 heteroatoms. The van der Waals surface area contributed by atoms with E-state index in [0.29, 0.717) is 0 Å². The Morgan fingerprint density at radius 3 is 1.67 bits per heavy atom. The molecule has 0 aliphatic heterocycles. The molecule has 0 aromatic heterocycles. The van der Waals surface area contributed by atoms with E-state index in [0.717, 1.165) is 0 Å². The van der Waals surface area contributed by atoms with Crippen molar-refractivity contribution < 1.29 is 30.0 Å². The maximum absolute atomic E-state index is 11.3. The molecule has 0 atom stereocenters. The van der Waals surface area contributed by atoms with Crippen LogP contribution in [0.1, 0.15) is 26.7 Å². The third-order valence-electron chi connectivity index (χ3n) is 3.64. The molecule has 0 bridgehead atoms. The molecule has 18 heavy (non-hydrogen) atoms. The Labute approximate surface area is 106 Å². The lowest BCUT2D eigenvalue weighted by molar-refractivity contribution is -0.156. The van der Waals surface area contributed by atoms with Gasteiger partial charge in [-0.2, -0.15) is 0 Å². The summed E-state index contributed by atoms with van der Waals surface area (Å²) in [4.78, 5) is 22.5. The molecule has 0 aromatic rings. The second-order valence-electron chi connectivity index (χ2n) is 4.74. The van der Waals surface area contributed by atoms with E-state index in [-0.39, 0.29) is 31.6 Å². The molecule has 0 amide bonds. The first kappa shape index (κ1) is 16.6. The maximum Gasteiger partial charge on any atom is 0.331 e. The Bertz CT molecular complexity index is 338. The van der Waals surface area contributed by atoms with Crippen molar-refractivity contribution in [1.29, 1.82) is 0 Å². The first-order valence-electron chi connectivity index (χ1n) is 5.55. The normalized spacial score (nSPS) is 12.2. The molecule has 0 rings (SSSR count). The summed E-state index contributed by atoms with van der Waals surface area (Å²) in [5, 5.41) is 36.5. The highest BCUT2D eigenvalue weighted by atomic mass is 16.4. The summed E-state index contributed by atoms with van der Waals surface area (Å²) in [7, 11) is 0. The van der Waals surface area contributed by atoms with Gasteiger partial charge in [-0.05, 0) is 26.7 Å². The molecule has 0 fully saturated rings. The average Bonchev–Trinajstić information content (AvgIpc) is 2.26. The third kappa shape index (κ3) is 2.70. The molecule has 104 valence electrons. The standard InChI is InChI=1S/C12H20O6/c1-8(9(15)16)12(4-6-13,5-7-14)11(2,3)10(17)18/h13-14H,1,4-7H2,2-3H3,(H,15,16)(H,17,18). The van der Waals surface area contributed by atoms with E-state index in [1.165, 1.54) is 13.8 Å². The molecule has 0 aromatic carbocycles. The highest BCUT2D eigenvalue weighted by molar-refractivity contribution is 5.90. The monoisotopic (exact) mass is 260 g/mol. The van der Waals surface area contributed by atoms with Crippen LogP contribution in [0.4, 0.5) is 0 Å². The van der Waals surface area contributed by atoms with Gasteiger partial charge < -0.3 is 20.4 Å². The fraction of sp³-hybridized carbons (Fsp3) is 0.667. The van der Waals surface area contributed by atoms with Gasteiger partial charge in [0, 0.05) is 24.2 Å². The molecule has 4 N–H and O–H groups in total. The molecule has 0 radical (unpaired) electrons. The van der Waals surface area contributed by atoms with Crippen LogP contribution in [0.5, 0.6) is 0 Å². The van der Waals surface area contributed by atoms with Gasteiger partial charge in [-0.1, -0.05) is 6.58 Å². The van der Waals surface area contributed by atoms with Gasteiger partial charge in [0.05, 0.1) is 5.41 Å². The van der Waals surface area contributed by atoms with Gasteiger partial charge >= 0.3 is 11.9 Å². The summed E-state index contributed by atoms with van der Waals surface area (Å²) in [5.74, 6) is -2.53. The number of carboxylic acid groups (broad SMARTS) is 2. The maximum atomic E-state index is 11.3.